The zero-order valence-corrected chi connectivity index (χ0v) is 10.6. The van der Waals surface area contributed by atoms with Gasteiger partial charge in [0.2, 0.25) is 0 Å². The van der Waals surface area contributed by atoms with Gasteiger partial charge in [-0.15, -0.1) is 0 Å². The number of aromatic nitrogens is 1. The minimum absolute atomic E-state index is 0.361. The first-order chi connectivity index (χ1) is 8.47. The van der Waals surface area contributed by atoms with Crippen LogP contribution in [0.3, 0.4) is 0 Å². The average molecular weight is 250 g/mol. The molecule has 0 saturated carbocycles. The van der Waals surface area contributed by atoms with E-state index in [0.29, 0.717) is 19.5 Å². The minimum Gasteiger partial charge on any atom is -0.481 e. The van der Waals surface area contributed by atoms with Crippen LogP contribution < -0.4 is 4.90 Å². The van der Waals surface area contributed by atoms with Crippen LogP contribution >= 0.6 is 0 Å². The maximum Gasteiger partial charge on any atom is 0.309 e. The summed E-state index contributed by atoms with van der Waals surface area (Å²) in [6, 6.07) is 3.92. The van der Waals surface area contributed by atoms with Gasteiger partial charge >= 0.3 is 5.97 Å². The van der Waals surface area contributed by atoms with Crippen LogP contribution in [0.4, 0.5) is 5.69 Å². The van der Waals surface area contributed by atoms with Gasteiger partial charge < -0.3 is 15.1 Å². The van der Waals surface area contributed by atoms with Gasteiger partial charge in [0, 0.05) is 30.2 Å². The van der Waals surface area contributed by atoms with Crippen LogP contribution in [0, 0.1) is 19.8 Å². The predicted molar refractivity (Wildman–Crippen MR) is 67.7 cm³/mol. The number of aliphatic hydroxyl groups excluding tert-OH is 1. The van der Waals surface area contributed by atoms with Crippen molar-refractivity contribution < 1.29 is 15.0 Å². The molecule has 0 aliphatic carbocycles. The fraction of sp³-hybridized carbons (Fsp3) is 0.538. The topological polar surface area (TPSA) is 73.7 Å². The first-order valence-electron chi connectivity index (χ1n) is 6.08. The van der Waals surface area contributed by atoms with Gasteiger partial charge in [0.1, 0.15) is 0 Å². The Morgan fingerprint density at radius 2 is 2.00 bits per heavy atom. The second-order valence-corrected chi connectivity index (χ2v) is 4.85. The summed E-state index contributed by atoms with van der Waals surface area (Å²) in [5.41, 5.74) is 2.86. The number of piperidine rings is 1. The number of aliphatic carboxylic acids is 1. The number of hydrogen-bond donors (Lipinski definition) is 2. The molecule has 5 heteroatoms. The van der Waals surface area contributed by atoms with Crippen molar-refractivity contribution >= 4 is 11.7 Å². The second kappa shape index (κ2) is 4.94. The molecule has 0 radical (unpaired) electrons. The number of carbonyl (C=O) groups is 1. The van der Waals surface area contributed by atoms with Crippen molar-refractivity contribution in [2.24, 2.45) is 5.92 Å². The van der Waals surface area contributed by atoms with Crippen molar-refractivity contribution in [3.8, 4) is 0 Å². The Kier molecular flexibility index (Phi) is 3.52. The Morgan fingerprint density at radius 3 is 2.50 bits per heavy atom. The van der Waals surface area contributed by atoms with Crippen LogP contribution in [0.5, 0.6) is 0 Å². The van der Waals surface area contributed by atoms with Crippen LogP contribution in [-0.2, 0) is 4.79 Å². The molecule has 0 unspecified atom stereocenters. The molecule has 2 heterocycles. The Balaban J connectivity index is 2.14. The SMILES string of the molecule is Cc1cc(N2CC[C@H](C(=O)O)[C@H](O)C2)cc(C)n1. The van der Waals surface area contributed by atoms with Crippen molar-refractivity contribution in [3.63, 3.8) is 0 Å². The van der Waals surface area contributed by atoms with E-state index in [1.807, 2.05) is 30.9 Å². The second-order valence-electron chi connectivity index (χ2n) is 4.85. The van der Waals surface area contributed by atoms with E-state index in [1.165, 1.54) is 0 Å². The molecule has 1 aliphatic rings. The lowest BCUT2D eigenvalue weighted by molar-refractivity contribution is -0.146. The molecule has 0 amide bonds. The van der Waals surface area contributed by atoms with Crippen LogP contribution in [0.1, 0.15) is 17.8 Å². The lowest BCUT2D eigenvalue weighted by Crippen LogP contribution is -2.46. The van der Waals surface area contributed by atoms with E-state index < -0.39 is 18.0 Å². The summed E-state index contributed by atoms with van der Waals surface area (Å²) >= 11 is 0. The van der Waals surface area contributed by atoms with E-state index in [-0.39, 0.29) is 0 Å². The number of carboxylic acid groups (broad SMARTS) is 1. The number of hydrogen-bond acceptors (Lipinski definition) is 4. The summed E-state index contributed by atoms with van der Waals surface area (Å²) in [7, 11) is 0. The monoisotopic (exact) mass is 250 g/mol. The molecule has 1 aliphatic heterocycles. The molecule has 98 valence electrons. The maximum atomic E-state index is 10.9. The number of rotatable bonds is 2. The Bertz CT molecular complexity index is 441. The Labute approximate surface area is 106 Å². The molecule has 1 saturated heterocycles. The van der Waals surface area contributed by atoms with Crippen molar-refractivity contribution in [2.45, 2.75) is 26.4 Å². The third-order valence-corrected chi connectivity index (χ3v) is 3.33. The fourth-order valence-corrected chi connectivity index (χ4v) is 2.45. The largest absolute Gasteiger partial charge is 0.481 e. The highest BCUT2D eigenvalue weighted by molar-refractivity contribution is 5.71. The van der Waals surface area contributed by atoms with Crippen molar-refractivity contribution in [3.05, 3.63) is 23.5 Å². The predicted octanol–water partition coefficient (Wildman–Crippen LogP) is 0.970. The molecule has 1 aromatic heterocycles. The molecule has 1 fully saturated rings. The van der Waals surface area contributed by atoms with Gasteiger partial charge in [-0.05, 0) is 32.4 Å². The number of pyridine rings is 1. The van der Waals surface area contributed by atoms with Crippen LogP contribution in [0.15, 0.2) is 12.1 Å². The number of anilines is 1. The van der Waals surface area contributed by atoms with Gasteiger partial charge in [0.25, 0.3) is 0 Å². The quantitative estimate of drug-likeness (QED) is 0.818. The first kappa shape index (κ1) is 12.8. The van der Waals surface area contributed by atoms with E-state index >= 15 is 0 Å². The smallest absolute Gasteiger partial charge is 0.309 e. The van der Waals surface area contributed by atoms with Crippen molar-refractivity contribution in [1.29, 1.82) is 0 Å². The molecule has 1 aromatic rings. The summed E-state index contributed by atoms with van der Waals surface area (Å²) in [6.07, 6.45) is -0.346. The summed E-state index contributed by atoms with van der Waals surface area (Å²) in [5, 5.41) is 18.8. The summed E-state index contributed by atoms with van der Waals surface area (Å²) < 4.78 is 0. The van der Waals surface area contributed by atoms with Crippen LogP contribution in [0.2, 0.25) is 0 Å². The first-order valence-corrected chi connectivity index (χ1v) is 6.08. The standard InChI is InChI=1S/C13H18N2O3/c1-8-5-10(6-9(2)14-8)15-4-3-11(13(17)18)12(16)7-15/h5-6,11-12,16H,3-4,7H2,1-2H3,(H,17,18)/t11-,12+/m0/s1. The van der Waals surface area contributed by atoms with Crippen molar-refractivity contribution in [1.82, 2.24) is 4.98 Å². The molecular weight excluding hydrogens is 232 g/mol. The van der Waals surface area contributed by atoms with E-state index in [4.69, 9.17) is 5.11 Å². The Morgan fingerprint density at radius 1 is 1.39 bits per heavy atom. The molecule has 2 rings (SSSR count). The van der Waals surface area contributed by atoms with Gasteiger partial charge in [-0.2, -0.15) is 0 Å². The Hall–Kier alpha value is -1.62. The molecule has 18 heavy (non-hydrogen) atoms. The van der Waals surface area contributed by atoms with Crippen molar-refractivity contribution in [2.75, 3.05) is 18.0 Å². The van der Waals surface area contributed by atoms with Gasteiger partial charge in [0.15, 0.2) is 0 Å². The summed E-state index contributed by atoms with van der Waals surface area (Å²) in [5.74, 6) is -1.56. The highest BCUT2D eigenvalue weighted by Crippen LogP contribution is 2.24. The molecule has 0 aromatic carbocycles. The van der Waals surface area contributed by atoms with Crippen LogP contribution in [-0.4, -0.2) is 40.4 Å². The number of aryl methyl sites for hydroxylation is 2. The summed E-state index contributed by atoms with van der Waals surface area (Å²) in [6.45, 7) is 4.87. The zero-order chi connectivity index (χ0) is 13.3. The van der Waals surface area contributed by atoms with Gasteiger partial charge in [-0.25, -0.2) is 0 Å². The molecule has 2 N–H and O–H groups in total. The molecule has 5 nitrogen and oxygen atoms in total. The fourth-order valence-electron chi connectivity index (χ4n) is 2.45. The van der Waals surface area contributed by atoms with E-state index in [0.717, 1.165) is 17.1 Å². The van der Waals surface area contributed by atoms with Crippen LogP contribution in [0.25, 0.3) is 0 Å². The zero-order valence-electron chi connectivity index (χ0n) is 10.6. The lowest BCUT2D eigenvalue weighted by Gasteiger charge is -2.35. The molecule has 0 bridgehead atoms. The van der Waals surface area contributed by atoms with Gasteiger partial charge in [-0.1, -0.05) is 0 Å². The third kappa shape index (κ3) is 2.61. The molecule has 0 spiro atoms. The third-order valence-electron chi connectivity index (χ3n) is 3.33. The van der Waals surface area contributed by atoms with Gasteiger partial charge in [0.05, 0.1) is 12.0 Å². The highest BCUT2D eigenvalue weighted by atomic mass is 16.4. The normalized spacial score (nSPS) is 24.1. The van der Waals surface area contributed by atoms with Gasteiger partial charge in [-0.3, -0.25) is 9.78 Å². The average Bonchev–Trinajstić information content (AvgIpc) is 2.26. The van der Waals surface area contributed by atoms with E-state index in [9.17, 15) is 9.90 Å². The maximum absolute atomic E-state index is 10.9. The molecular formula is C13H18N2O3. The van der Waals surface area contributed by atoms with E-state index in [2.05, 4.69) is 4.98 Å². The summed E-state index contributed by atoms with van der Waals surface area (Å²) in [4.78, 5) is 17.3. The minimum atomic E-state index is -0.913. The number of nitrogens with zero attached hydrogens (tertiary/aromatic N) is 2. The number of aliphatic hydroxyl groups is 1. The lowest BCUT2D eigenvalue weighted by atomic mass is 9.93. The number of β-amino-alcohol motifs (C(OH)–C–C–N with tert-alkyl or cyclic N) is 1. The molecule has 2 atom stereocenters. The number of carboxylic acids is 1. The van der Waals surface area contributed by atoms with E-state index in [1.54, 1.807) is 0 Å². The highest BCUT2D eigenvalue weighted by Gasteiger charge is 2.32.